The Hall–Kier alpha value is -3.85. The molecule has 174 valence electrons. The van der Waals surface area contributed by atoms with Crippen molar-refractivity contribution < 1.29 is 28.6 Å². The number of aromatic nitrogens is 1. The van der Waals surface area contributed by atoms with Crippen molar-refractivity contribution in [2.45, 2.75) is 26.8 Å². The van der Waals surface area contributed by atoms with Crippen LogP contribution in [-0.2, 0) is 14.3 Å². The van der Waals surface area contributed by atoms with E-state index in [9.17, 15) is 23.9 Å². The highest BCUT2D eigenvalue weighted by Gasteiger charge is 2.48. The van der Waals surface area contributed by atoms with Crippen LogP contribution in [0.1, 0.15) is 45.0 Å². The summed E-state index contributed by atoms with van der Waals surface area (Å²) < 4.78 is 18.5. The zero-order chi connectivity index (χ0) is 24.6. The first-order chi connectivity index (χ1) is 16.2. The second-order valence-corrected chi connectivity index (χ2v) is 8.70. The summed E-state index contributed by atoms with van der Waals surface area (Å²) in [7, 11) is 0. The van der Waals surface area contributed by atoms with Gasteiger partial charge in [0.25, 0.3) is 5.78 Å². The fourth-order valence-corrected chi connectivity index (χ4v) is 4.72. The van der Waals surface area contributed by atoms with E-state index in [0.717, 1.165) is 29.0 Å². The number of thiazole rings is 1. The quantitative estimate of drug-likeness (QED) is 0.246. The Morgan fingerprint density at radius 1 is 1.12 bits per heavy atom. The summed E-state index contributed by atoms with van der Waals surface area (Å²) in [5.74, 6) is -3.29. The van der Waals surface area contributed by atoms with Crippen LogP contribution in [0.4, 0.5) is 9.52 Å². The van der Waals surface area contributed by atoms with E-state index in [1.54, 1.807) is 26.0 Å². The number of rotatable bonds is 5. The number of benzene rings is 2. The van der Waals surface area contributed by atoms with E-state index >= 15 is 0 Å². The maximum atomic E-state index is 13.4. The molecule has 1 aliphatic rings. The molecule has 1 fully saturated rings. The lowest BCUT2D eigenvalue weighted by Gasteiger charge is -2.23. The summed E-state index contributed by atoms with van der Waals surface area (Å²) >= 11 is 0.937. The Morgan fingerprint density at radius 2 is 1.76 bits per heavy atom. The molecule has 1 aromatic heterocycles. The summed E-state index contributed by atoms with van der Waals surface area (Å²) in [6.07, 6.45) is 0. The number of aliphatic hydroxyl groups is 1. The zero-order valence-corrected chi connectivity index (χ0v) is 19.5. The number of Topliss-reactive ketones (excluding diaryl/α,β-unsaturated/α-hetero) is 1. The monoisotopic (exact) mass is 480 g/mol. The molecule has 0 radical (unpaired) electrons. The van der Waals surface area contributed by atoms with Crippen molar-refractivity contribution >= 4 is 39.9 Å². The summed E-state index contributed by atoms with van der Waals surface area (Å²) in [6, 6.07) is 11.1. The third-order valence-electron chi connectivity index (χ3n) is 5.41. The molecular formula is C25H21FN2O5S. The number of anilines is 1. The van der Waals surface area contributed by atoms with E-state index in [2.05, 4.69) is 4.98 Å². The highest BCUT2D eigenvalue weighted by molar-refractivity contribution is 7.17. The molecule has 2 aromatic carbocycles. The minimum Gasteiger partial charge on any atom is -0.507 e. The first-order valence-electron chi connectivity index (χ1n) is 10.5. The molecule has 1 atom stereocenters. The first-order valence-corrected chi connectivity index (χ1v) is 11.3. The van der Waals surface area contributed by atoms with Crippen molar-refractivity contribution in [2.24, 2.45) is 0 Å². The highest BCUT2D eigenvalue weighted by Crippen LogP contribution is 2.44. The fourth-order valence-electron chi connectivity index (χ4n) is 3.73. The molecule has 4 rings (SSSR count). The molecule has 1 amide bonds. The van der Waals surface area contributed by atoms with Crippen molar-refractivity contribution in [1.29, 1.82) is 0 Å². The van der Waals surface area contributed by atoms with Crippen LogP contribution in [0, 0.1) is 19.7 Å². The van der Waals surface area contributed by atoms with Gasteiger partial charge in [-0.25, -0.2) is 14.2 Å². The van der Waals surface area contributed by atoms with E-state index < -0.39 is 35.3 Å². The maximum absolute atomic E-state index is 13.4. The number of halogens is 1. The fraction of sp³-hybridized carbons (Fsp3) is 0.200. The molecule has 0 saturated carbocycles. The Balaban J connectivity index is 1.90. The van der Waals surface area contributed by atoms with Gasteiger partial charge in [0.1, 0.15) is 16.5 Å². The maximum Gasteiger partial charge on any atom is 0.350 e. The lowest BCUT2D eigenvalue weighted by Crippen LogP contribution is -2.29. The number of carbonyl (C=O) groups excluding carboxylic acids is 3. The Morgan fingerprint density at radius 3 is 2.38 bits per heavy atom. The minimum atomic E-state index is -0.994. The molecule has 0 unspecified atom stereocenters. The van der Waals surface area contributed by atoms with Gasteiger partial charge in [-0.2, -0.15) is 0 Å². The van der Waals surface area contributed by atoms with Crippen LogP contribution in [0.2, 0.25) is 0 Å². The van der Waals surface area contributed by atoms with Crippen LogP contribution < -0.4 is 4.90 Å². The lowest BCUT2D eigenvalue weighted by atomic mass is 9.95. The molecule has 2 heterocycles. The number of ketones is 1. The number of carbonyl (C=O) groups is 3. The number of amides is 1. The third kappa shape index (κ3) is 4.10. The molecule has 0 aliphatic carbocycles. The van der Waals surface area contributed by atoms with E-state index in [0.29, 0.717) is 11.3 Å². The molecule has 7 nitrogen and oxygen atoms in total. The largest absolute Gasteiger partial charge is 0.507 e. The molecule has 1 N–H and O–H groups in total. The van der Waals surface area contributed by atoms with Crippen LogP contribution in [0.3, 0.4) is 0 Å². The topological polar surface area (TPSA) is 96.8 Å². The van der Waals surface area contributed by atoms with Gasteiger partial charge in [-0.3, -0.25) is 14.5 Å². The Bertz CT molecular complexity index is 1310. The van der Waals surface area contributed by atoms with Gasteiger partial charge >= 0.3 is 11.9 Å². The number of esters is 1. The minimum absolute atomic E-state index is 0.131. The number of hydrogen-bond donors (Lipinski definition) is 1. The number of aliphatic hydroxyl groups excluding tert-OH is 1. The van der Waals surface area contributed by atoms with Crippen LogP contribution in [0.5, 0.6) is 0 Å². The van der Waals surface area contributed by atoms with Gasteiger partial charge in [-0.1, -0.05) is 41.2 Å². The smallest absolute Gasteiger partial charge is 0.350 e. The average Bonchev–Trinajstić information content (AvgIpc) is 3.31. The second-order valence-electron chi connectivity index (χ2n) is 7.72. The molecule has 1 saturated heterocycles. The van der Waals surface area contributed by atoms with Gasteiger partial charge in [0.2, 0.25) is 0 Å². The predicted octanol–water partition coefficient (Wildman–Crippen LogP) is 4.70. The van der Waals surface area contributed by atoms with Gasteiger partial charge in [0, 0.05) is 5.56 Å². The van der Waals surface area contributed by atoms with Gasteiger partial charge in [0.15, 0.2) is 5.13 Å². The summed E-state index contributed by atoms with van der Waals surface area (Å²) in [5.41, 5.74) is 1.94. The second kappa shape index (κ2) is 9.18. The lowest BCUT2D eigenvalue weighted by molar-refractivity contribution is -0.132. The van der Waals surface area contributed by atoms with Gasteiger partial charge in [-0.05, 0) is 50.6 Å². The Labute approximate surface area is 199 Å². The third-order valence-corrected chi connectivity index (χ3v) is 6.54. The summed E-state index contributed by atoms with van der Waals surface area (Å²) in [6.45, 7) is 5.37. The van der Waals surface area contributed by atoms with Crippen LogP contribution in [0.15, 0.2) is 54.1 Å². The van der Waals surface area contributed by atoms with Crippen molar-refractivity contribution in [3.8, 4) is 0 Å². The molecule has 0 spiro atoms. The van der Waals surface area contributed by atoms with Gasteiger partial charge < -0.3 is 9.84 Å². The number of hydrogen-bond acceptors (Lipinski definition) is 7. The van der Waals surface area contributed by atoms with Crippen molar-refractivity contribution in [3.63, 3.8) is 0 Å². The molecule has 9 heteroatoms. The van der Waals surface area contributed by atoms with Crippen LogP contribution in [-0.4, -0.2) is 34.4 Å². The van der Waals surface area contributed by atoms with Crippen LogP contribution >= 0.6 is 11.3 Å². The number of ether oxygens (including phenoxy) is 1. The summed E-state index contributed by atoms with van der Waals surface area (Å²) in [4.78, 5) is 44.4. The SMILES string of the molecule is CCOC(=O)c1sc(N2C(=O)C(=O)C(=C(O)c3ccc(F)cc3)[C@H]2c2ccc(C)cc2)nc1C. The molecule has 3 aromatic rings. The zero-order valence-electron chi connectivity index (χ0n) is 18.7. The molecule has 34 heavy (non-hydrogen) atoms. The number of aryl methyl sites for hydroxylation is 2. The van der Waals surface area contributed by atoms with Crippen LogP contribution in [0.25, 0.3) is 5.76 Å². The summed E-state index contributed by atoms with van der Waals surface area (Å²) in [5, 5.41) is 11.2. The van der Waals surface area contributed by atoms with E-state index in [1.165, 1.54) is 17.0 Å². The van der Waals surface area contributed by atoms with E-state index in [1.807, 2.05) is 19.1 Å². The highest BCUT2D eigenvalue weighted by atomic mass is 32.1. The van der Waals surface area contributed by atoms with Gasteiger partial charge in [-0.15, -0.1) is 0 Å². The van der Waals surface area contributed by atoms with Crippen molar-refractivity contribution in [2.75, 3.05) is 11.5 Å². The van der Waals surface area contributed by atoms with E-state index in [-0.39, 0.29) is 27.8 Å². The average molecular weight is 481 g/mol. The van der Waals surface area contributed by atoms with E-state index in [4.69, 9.17) is 4.74 Å². The van der Waals surface area contributed by atoms with Gasteiger partial charge in [0.05, 0.1) is 23.9 Å². The standard InChI is InChI=1S/C25H21FN2O5S/c1-4-33-24(32)22-14(3)27-25(34-22)28-19(15-7-5-13(2)6-8-15)18(21(30)23(28)31)20(29)16-9-11-17(26)12-10-16/h5-12,19,29H,4H2,1-3H3/t19-/m1/s1. The van der Waals surface area contributed by atoms with Crippen molar-refractivity contribution in [1.82, 2.24) is 4.98 Å². The molecule has 1 aliphatic heterocycles. The molecule has 0 bridgehead atoms. The first kappa shape index (κ1) is 23.3. The Kier molecular flexibility index (Phi) is 6.30. The van der Waals surface area contributed by atoms with Crippen molar-refractivity contribution in [3.05, 3.63) is 87.2 Å². The number of nitrogens with zero attached hydrogens (tertiary/aromatic N) is 2. The predicted molar refractivity (Wildman–Crippen MR) is 125 cm³/mol. The normalized spacial score (nSPS) is 17.3. The molecular weight excluding hydrogens is 459 g/mol.